The van der Waals surface area contributed by atoms with E-state index in [-0.39, 0.29) is 11.9 Å². The minimum atomic E-state index is -0.178. The molecule has 1 aromatic carbocycles. The maximum absolute atomic E-state index is 14.1. The van der Waals surface area contributed by atoms with Crippen molar-refractivity contribution in [2.75, 3.05) is 6.54 Å². The molecule has 2 aromatic rings. The van der Waals surface area contributed by atoms with Crippen LogP contribution in [0.3, 0.4) is 0 Å². The van der Waals surface area contributed by atoms with Crippen molar-refractivity contribution in [1.29, 1.82) is 0 Å². The molecule has 0 saturated heterocycles. The fourth-order valence-electron chi connectivity index (χ4n) is 2.17. The summed E-state index contributed by atoms with van der Waals surface area (Å²) in [5.74, 6) is -0.178. The van der Waals surface area contributed by atoms with E-state index < -0.39 is 0 Å². The molecule has 0 bridgehead atoms. The van der Waals surface area contributed by atoms with Crippen molar-refractivity contribution in [2.24, 2.45) is 7.05 Å². The lowest BCUT2D eigenvalue weighted by Gasteiger charge is -2.18. The van der Waals surface area contributed by atoms with Crippen LogP contribution in [0.25, 0.3) is 0 Å². The van der Waals surface area contributed by atoms with Gasteiger partial charge in [-0.3, -0.25) is 4.68 Å². The molecule has 102 valence electrons. The second kappa shape index (κ2) is 5.97. The maximum Gasteiger partial charge on any atom is 0.128 e. The Bertz CT molecular complexity index is 548. The summed E-state index contributed by atoms with van der Waals surface area (Å²) in [6.07, 6.45) is 4.72. The molecule has 0 fully saturated rings. The first kappa shape index (κ1) is 13.7. The van der Waals surface area contributed by atoms with E-state index in [4.69, 9.17) is 0 Å². The van der Waals surface area contributed by atoms with E-state index in [1.807, 2.05) is 26.2 Å². The molecular weight excluding hydrogens is 241 g/mol. The highest BCUT2D eigenvalue weighted by Crippen LogP contribution is 2.25. The number of halogens is 1. The molecule has 0 aliphatic heterocycles. The smallest absolute Gasteiger partial charge is 0.128 e. The topological polar surface area (TPSA) is 29.9 Å². The molecular formula is C15H20FN3. The van der Waals surface area contributed by atoms with E-state index in [2.05, 4.69) is 17.3 Å². The third-order valence-electron chi connectivity index (χ3n) is 3.12. The lowest BCUT2D eigenvalue weighted by Crippen LogP contribution is -2.24. The van der Waals surface area contributed by atoms with E-state index >= 15 is 0 Å². The van der Waals surface area contributed by atoms with Gasteiger partial charge in [-0.2, -0.15) is 5.10 Å². The van der Waals surface area contributed by atoms with Gasteiger partial charge in [0, 0.05) is 24.4 Å². The van der Waals surface area contributed by atoms with Gasteiger partial charge in [-0.1, -0.05) is 24.6 Å². The predicted octanol–water partition coefficient (Wildman–Crippen LogP) is 2.96. The molecule has 19 heavy (non-hydrogen) atoms. The Morgan fingerprint density at radius 1 is 1.42 bits per heavy atom. The Hall–Kier alpha value is -1.68. The Kier molecular flexibility index (Phi) is 4.32. The van der Waals surface area contributed by atoms with Crippen molar-refractivity contribution < 1.29 is 4.39 Å². The van der Waals surface area contributed by atoms with Gasteiger partial charge >= 0.3 is 0 Å². The van der Waals surface area contributed by atoms with Gasteiger partial charge in [0.05, 0.1) is 12.2 Å². The Labute approximate surface area is 113 Å². The zero-order valence-corrected chi connectivity index (χ0v) is 11.7. The van der Waals surface area contributed by atoms with Crippen molar-refractivity contribution in [1.82, 2.24) is 15.1 Å². The first-order valence-corrected chi connectivity index (χ1v) is 6.59. The summed E-state index contributed by atoms with van der Waals surface area (Å²) >= 11 is 0. The van der Waals surface area contributed by atoms with E-state index in [0.29, 0.717) is 5.56 Å². The van der Waals surface area contributed by atoms with Gasteiger partial charge in [-0.25, -0.2) is 4.39 Å². The fourth-order valence-corrected chi connectivity index (χ4v) is 2.17. The molecule has 2 rings (SSSR count). The van der Waals surface area contributed by atoms with Gasteiger partial charge in [0.1, 0.15) is 5.82 Å². The summed E-state index contributed by atoms with van der Waals surface area (Å²) in [4.78, 5) is 0. The molecule has 1 heterocycles. The van der Waals surface area contributed by atoms with Crippen LogP contribution >= 0.6 is 0 Å². The lowest BCUT2D eigenvalue weighted by atomic mass is 9.99. The van der Waals surface area contributed by atoms with Crippen LogP contribution in [0.15, 0.2) is 30.6 Å². The average molecular weight is 261 g/mol. The third kappa shape index (κ3) is 3.20. The second-order valence-electron chi connectivity index (χ2n) is 4.86. The summed E-state index contributed by atoms with van der Waals surface area (Å²) in [6.45, 7) is 4.91. The minimum Gasteiger partial charge on any atom is -0.306 e. The molecule has 0 radical (unpaired) electrons. The average Bonchev–Trinajstić information content (AvgIpc) is 2.80. The number of hydrogen-bond donors (Lipinski definition) is 1. The van der Waals surface area contributed by atoms with Crippen LogP contribution in [0.5, 0.6) is 0 Å². The van der Waals surface area contributed by atoms with E-state index in [0.717, 1.165) is 24.1 Å². The summed E-state index contributed by atoms with van der Waals surface area (Å²) < 4.78 is 15.8. The zero-order chi connectivity index (χ0) is 13.8. The standard InChI is InChI=1S/C15H20FN3/c1-4-7-17-15(12-9-18-19(3)10-12)13-8-11(2)5-6-14(13)16/h5-6,8-10,15,17H,4,7H2,1-3H3. The number of rotatable bonds is 5. The highest BCUT2D eigenvalue weighted by atomic mass is 19.1. The number of benzene rings is 1. The minimum absolute atomic E-state index is 0.145. The van der Waals surface area contributed by atoms with Crippen LogP contribution < -0.4 is 5.32 Å². The molecule has 1 atom stereocenters. The molecule has 0 saturated carbocycles. The van der Waals surface area contributed by atoms with E-state index in [9.17, 15) is 4.39 Å². The van der Waals surface area contributed by atoms with Crippen LogP contribution in [0, 0.1) is 12.7 Å². The van der Waals surface area contributed by atoms with Crippen molar-refractivity contribution in [3.8, 4) is 0 Å². The molecule has 0 spiro atoms. The first-order valence-electron chi connectivity index (χ1n) is 6.59. The summed E-state index contributed by atoms with van der Waals surface area (Å²) in [7, 11) is 1.87. The summed E-state index contributed by atoms with van der Waals surface area (Å²) in [5.41, 5.74) is 2.73. The largest absolute Gasteiger partial charge is 0.306 e. The fraction of sp³-hybridized carbons (Fsp3) is 0.400. The SMILES string of the molecule is CCCNC(c1cnn(C)c1)c1cc(C)ccc1F. The van der Waals surface area contributed by atoms with Crippen LogP contribution in [0.2, 0.25) is 0 Å². The highest BCUT2D eigenvalue weighted by Gasteiger charge is 2.18. The van der Waals surface area contributed by atoms with Gasteiger partial charge in [-0.05, 0) is 26.0 Å². The molecule has 3 nitrogen and oxygen atoms in total. The molecule has 1 aromatic heterocycles. The van der Waals surface area contributed by atoms with Crippen molar-refractivity contribution in [3.05, 3.63) is 53.1 Å². The molecule has 0 aliphatic carbocycles. The Balaban J connectivity index is 2.39. The van der Waals surface area contributed by atoms with Crippen molar-refractivity contribution in [3.63, 3.8) is 0 Å². The molecule has 0 aliphatic rings. The summed E-state index contributed by atoms with van der Waals surface area (Å²) in [5, 5.41) is 7.57. The number of aromatic nitrogens is 2. The van der Waals surface area contributed by atoms with Crippen LogP contribution in [-0.4, -0.2) is 16.3 Å². The van der Waals surface area contributed by atoms with Crippen LogP contribution in [0.4, 0.5) is 4.39 Å². The van der Waals surface area contributed by atoms with Crippen molar-refractivity contribution in [2.45, 2.75) is 26.3 Å². The van der Waals surface area contributed by atoms with Gasteiger partial charge in [-0.15, -0.1) is 0 Å². The van der Waals surface area contributed by atoms with E-state index in [1.165, 1.54) is 6.07 Å². The number of hydrogen-bond acceptors (Lipinski definition) is 2. The van der Waals surface area contributed by atoms with Gasteiger partial charge in [0.15, 0.2) is 0 Å². The Morgan fingerprint density at radius 3 is 2.84 bits per heavy atom. The van der Waals surface area contributed by atoms with E-state index in [1.54, 1.807) is 16.9 Å². The molecule has 1 N–H and O–H groups in total. The highest BCUT2D eigenvalue weighted by molar-refractivity contribution is 5.33. The lowest BCUT2D eigenvalue weighted by molar-refractivity contribution is 0.546. The predicted molar refractivity (Wildman–Crippen MR) is 74.5 cm³/mol. The van der Waals surface area contributed by atoms with Crippen LogP contribution in [-0.2, 0) is 7.05 Å². The van der Waals surface area contributed by atoms with Gasteiger partial charge in [0.2, 0.25) is 0 Å². The second-order valence-corrected chi connectivity index (χ2v) is 4.86. The summed E-state index contributed by atoms with van der Waals surface area (Å²) in [6, 6.07) is 5.07. The third-order valence-corrected chi connectivity index (χ3v) is 3.12. The quantitative estimate of drug-likeness (QED) is 0.896. The van der Waals surface area contributed by atoms with Crippen LogP contribution in [0.1, 0.15) is 36.1 Å². The molecule has 0 amide bonds. The maximum atomic E-state index is 14.1. The normalized spacial score (nSPS) is 12.6. The molecule has 4 heteroatoms. The van der Waals surface area contributed by atoms with Crippen molar-refractivity contribution >= 4 is 0 Å². The zero-order valence-electron chi connectivity index (χ0n) is 11.7. The van der Waals surface area contributed by atoms with Gasteiger partial charge in [0.25, 0.3) is 0 Å². The number of nitrogens with one attached hydrogen (secondary N) is 1. The first-order chi connectivity index (χ1) is 9.11. The number of aryl methyl sites for hydroxylation is 2. The van der Waals surface area contributed by atoms with Gasteiger partial charge < -0.3 is 5.32 Å². The molecule has 1 unspecified atom stereocenters. The monoisotopic (exact) mass is 261 g/mol. The Morgan fingerprint density at radius 2 is 2.21 bits per heavy atom. The number of nitrogens with zero attached hydrogens (tertiary/aromatic N) is 2.